The number of anilines is 1. The van der Waals surface area contributed by atoms with Gasteiger partial charge < -0.3 is 10.6 Å². The minimum Gasteiger partial charge on any atom is -0.385 e. The van der Waals surface area contributed by atoms with E-state index in [-0.39, 0.29) is 0 Å². The van der Waals surface area contributed by atoms with Crippen LogP contribution in [0.15, 0.2) is 42.5 Å². The molecule has 24 heavy (non-hydrogen) atoms. The summed E-state index contributed by atoms with van der Waals surface area (Å²) in [5, 5.41) is 7.13. The van der Waals surface area contributed by atoms with E-state index in [9.17, 15) is 13.2 Å². The summed E-state index contributed by atoms with van der Waals surface area (Å²) in [7, 11) is 0. The standard InChI is InChI=1S/C18H20ClF3N2/c1-13-9-14(11-15(10-13)18(20,21)22)12-23-7-2-8-24-17-5-3-16(19)4-6-17/h3-6,9-11,23-24H,2,7-8,12H2,1H3. The van der Waals surface area contributed by atoms with E-state index in [1.807, 2.05) is 24.3 Å². The first-order valence-corrected chi connectivity index (χ1v) is 8.10. The summed E-state index contributed by atoms with van der Waals surface area (Å²) in [5.74, 6) is 0. The molecule has 0 bridgehead atoms. The van der Waals surface area contributed by atoms with E-state index >= 15 is 0 Å². The lowest BCUT2D eigenvalue weighted by molar-refractivity contribution is -0.137. The van der Waals surface area contributed by atoms with Gasteiger partial charge in [0.05, 0.1) is 5.56 Å². The Kier molecular flexibility index (Phi) is 6.52. The van der Waals surface area contributed by atoms with Gasteiger partial charge in [0.25, 0.3) is 0 Å². The van der Waals surface area contributed by atoms with E-state index in [1.54, 1.807) is 13.0 Å². The van der Waals surface area contributed by atoms with Gasteiger partial charge in [-0.05, 0) is 61.9 Å². The molecular formula is C18H20ClF3N2. The molecular weight excluding hydrogens is 337 g/mol. The highest BCUT2D eigenvalue weighted by molar-refractivity contribution is 6.30. The van der Waals surface area contributed by atoms with E-state index in [4.69, 9.17) is 11.6 Å². The molecule has 2 nitrogen and oxygen atoms in total. The molecule has 0 fully saturated rings. The van der Waals surface area contributed by atoms with Crippen LogP contribution in [-0.2, 0) is 12.7 Å². The van der Waals surface area contributed by atoms with Crippen molar-refractivity contribution >= 4 is 17.3 Å². The molecule has 0 saturated heterocycles. The number of benzene rings is 2. The maximum Gasteiger partial charge on any atom is 0.416 e. The quantitative estimate of drug-likeness (QED) is 0.661. The maximum absolute atomic E-state index is 12.8. The van der Waals surface area contributed by atoms with Crippen molar-refractivity contribution in [2.75, 3.05) is 18.4 Å². The van der Waals surface area contributed by atoms with Gasteiger partial charge in [-0.25, -0.2) is 0 Å². The van der Waals surface area contributed by atoms with Crippen LogP contribution in [0.2, 0.25) is 5.02 Å². The Labute approximate surface area is 145 Å². The van der Waals surface area contributed by atoms with Crippen molar-refractivity contribution in [1.29, 1.82) is 0 Å². The van der Waals surface area contributed by atoms with Gasteiger partial charge in [0.2, 0.25) is 0 Å². The Hall–Kier alpha value is -1.72. The minimum atomic E-state index is -4.30. The summed E-state index contributed by atoms with van der Waals surface area (Å²) in [6.07, 6.45) is -3.44. The van der Waals surface area contributed by atoms with Gasteiger partial charge in [0, 0.05) is 23.8 Å². The molecule has 130 valence electrons. The van der Waals surface area contributed by atoms with Crippen molar-refractivity contribution in [1.82, 2.24) is 5.32 Å². The van der Waals surface area contributed by atoms with Gasteiger partial charge >= 0.3 is 6.18 Å². The Balaban J connectivity index is 1.72. The molecule has 0 radical (unpaired) electrons. The smallest absolute Gasteiger partial charge is 0.385 e. The monoisotopic (exact) mass is 356 g/mol. The molecule has 0 atom stereocenters. The summed E-state index contributed by atoms with van der Waals surface area (Å²) in [6, 6.07) is 11.6. The first-order chi connectivity index (χ1) is 11.3. The highest BCUT2D eigenvalue weighted by Gasteiger charge is 2.30. The second kappa shape index (κ2) is 8.40. The lowest BCUT2D eigenvalue weighted by Gasteiger charge is -2.12. The molecule has 2 aromatic carbocycles. The van der Waals surface area contributed by atoms with Crippen molar-refractivity contribution in [3.63, 3.8) is 0 Å². The minimum absolute atomic E-state index is 0.422. The van der Waals surface area contributed by atoms with E-state index in [2.05, 4.69) is 10.6 Å². The predicted octanol–water partition coefficient (Wildman–Crippen LogP) is 5.26. The molecule has 2 rings (SSSR count). The molecule has 0 spiro atoms. The van der Waals surface area contributed by atoms with Gasteiger partial charge in [0.1, 0.15) is 0 Å². The topological polar surface area (TPSA) is 24.1 Å². The second-order valence-corrected chi connectivity index (χ2v) is 6.11. The van der Waals surface area contributed by atoms with Gasteiger partial charge in [-0.1, -0.05) is 23.2 Å². The van der Waals surface area contributed by atoms with E-state index in [0.29, 0.717) is 22.7 Å². The van der Waals surface area contributed by atoms with Gasteiger partial charge in [-0.2, -0.15) is 13.2 Å². The second-order valence-electron chi connectivity index (χ2n) is 5.67. The van der Waals surface area contributed by atoms with Crippen molar-refractivity contribution in [3.05, 3.63) is 64.2 Å². The fourth-order valence-corrected chi connectivity index (χ4v) is 2.50. The molecule has 0 aliphatic heterocycles. The maximum atomic E-state index is 12.8. The Morgan fingerprint density at radius 2 is 1.71 bits per heavy atom. The molecule has 0 saturated carbocycles. The third-order valence-electron chi connectivity index (χ3n) is 3.50. The zero-order chi connectivity index (χ0) is 17.6. The van der Waals surface area contributed by atoms with Crippen LogP contribution in [0.4, 0.5) is 18.9 Å². The molecule has 0 aliphatic rings. The lowest BCUT2D eigenvalue weighted by atomic mass is 10.1. The number of nitrogens with one attached hydrogen (secondary N) is 2. The summed E-state index contributed by atoms with van der Waals surface area (Å²) < 4.78 is 38.4. The third-order valence-corrected chi connectivity index (χ3v) is 3.75. The van der Waals surface area contributed by atoms with Crippen molar-refractivity contribution < 1.29 is 13.2 Å². The Morgan fingerprint density at radius 3 is 2.38 bits per heavy atom. The first kappa shape index (κ1) is 18.6. The fourth-order valence-electron chi connectivity index (χ4n) is 2.37. The lowest BCUT2D eigenvalue weighted by Crippen LogP contribution is -2.18. The zero-order valence-electron chi connectivity index (χ0n) is 13.4. The first-order valence-electron chi connectivity index (χ1n) is 7.72. The molecule has 6 heteroatoms. The van der Waals surface area contributed by atoms with Crippen molar-refractivity contribution in [3.8, 4) is 0 Å². The summed E-state index contributed by atoms with van der Waals surface area (Å²) in [6.45, 7) is 3.59. The number of alkyl halides is 3. The van der Waals surface area contributed by atoms with Gasteiger partial charge in [-0.15, -0.1) is 0 Å². The zero-order valence-corrected chi connectivity index (χ0v) is 14.1. The summed E-state index contributed by atoms with van der Waals surface area (Å²) >= 11 is 5.81. The highest BCUT2D eigenvalue weighted by atomic mass is 35.5. The number of rotatable bonds is 7. The number of hydrogen-bond donors (Lipinski definition) is 2. The fraction of sp³-hybridized carbons (Fsp3) is 0.333. The van der Waals surface area contributed by atoms with E-state index in [1.165, 1.54) is 12.1 Å². The molecule has 2 aromatic rings. The van der Waals surface area contributed by atoms with Gasteiger partial charge in [0.15, 0.2) is 0 Å². The van der Waals surface area contributed by atoms with Crippen molar-refractivity contribution in [2.45, 2.75) is 26.1 Å². The van der Waals surface area contributed by atoms with Crippen LogP contribution in [0, 0.1) is 6.92 Å². The van der Waals surface area contributed by atoms with E-state index < -0.39 is 11.7 Å². The normalized spacial score (nSPS) is 11.5. The molecule has 0 heterocycles. The number of aryl methyl sites for hydroxylation is 1. The van der Waals surface area contributed by atoms with Gasteiger partial charge in [-0.3, -0.25) is 0 Å². The molecule has 0 unspecified atom stereocenters. The molecule has 2 N–H and O–H groups in total. The van der Waals surface area contributed by atoms with Crippen LogP contribution < -0.4 is 10.6 Å². The highest BCUT2D eigenvalue weighted by Crippen LogP contribution is 2.30. The SMILES string of the molecule is Cc1cc(CNCCCNc2ccc(Cl)cc2)cc(C(F)(F)F)c1. The third kappa shape index (κ3) is 6.06. The average Bonchev–Trinajstić information content (AvgIpc) is 2.51. The Bertz CT molecular complexity index is 654. The number of hydrogen-bond acceptors (Lipinski definition) is 2. The molecule has 0 amide bonds. The van der Waals surface area contributed by atoms with Crippen LogP contribution >= 0.6 is 11.6 Å². The van der Waals surface area contributed by atoms with Crippen LogP contribution in [-0.4, -0.2) is 13.1 Å². The largest absolute Gasteiger partial charge is 0.416 e. The predicted molar refractivity (Wildman–Crippen MR) is 92.4 cm³/mol. The van der Waals surface area contributed by atoms with Crippen LogP contribution in [0.1, 0.15) is 23.1 Å². The average molecular weight is 357 g/mol. The summed E-state index contributed by atoms with van der Waals surface area (Å²) in [4.78, 5) is 0. The van der Waals surface area contributed by atoms with Crippen LogP contribution in [0.25, 0.3) is 0 Å². The van der Waals surface area contributed by atoms with E-state index in [0.717, 1.165) is 25.2 Å². The number of halogens is 4. The van der Waals surface area contributed by atoms with Crippen molar-refractivity contribution in [2.24, 2.45) is 0 Å². The van der Waals surface area contributed by atoms with Crippen LogP contribution in [0.3, 0.4) is 0 Å². The Morgan fingerprint density at radius 1 is 1.00 bits per heavy atom. The molecule has 0 aliphatic carbocycles. The summed E-state index contributed by atoms with van der Waals surface area (Å²) in [5.41, 5.74) is 1.66. The molecule has 0 aromatic heterocycles. The van der Waals surface area contributed by atoms with Crippen LogP contribution in [0.5, 0.6) is 0 Å².